The Kier molecular flexibility index (Phi) is 9.51. The van der Waals surface area contributed by atoms with Crippen molar-refractivity contribution >= 4 is 28.6 Å². The van der Waals surface area contributed by atoms with Gasteiger partial charge in [-0.3, -0.25) is 19.1 Å². The maximum atomic E-state index is 14.4. The van der Waals surface area contributed by atoms with Crippen LogP contribution in [0.4, 0.5) is 0 Å². The van der Waals surface area contributed by atoms with E-state index in [9.17, 15) is 14.4 Å². The Morgan fingerprint density at radius 2 is 1.76 bits per heavy atom. The topological polar surface area (TPSA) is 103 Å². The number of piperidine rings is 1. The van der Waals surface area contributed by atoms with Crippen molar-refractivity contribution in [2.75, 3.05) is 46.3 Å². The molecule has 3 aromatic rings. The average Bonchev–Trinajstić information content (AvgIpc) is 3.57. The van der Waals surface area contributed by atoms with Gasteiger partial charge in [0.25, 0.3) is 0 Å². The van der Waals surface area contributed by atoms with Crippen LogP contribution in [0.5, 0.6) is 0 Å². The molecule has 0 aliphatic carbocycles. The minimum absolute atomic E-state index is 0.0676. The van der Waals surface area contributed by atoms with Gasteiger partial charge in [-0.15, -0.1) is 0 Å². The van der Waals surface area contributed by atoms with Crippen LogP contribution in [-0.4, -0.2) is 101 Å². The normalized spacial score (nSPS) is 24.5. The number of nitrogens with one attached hydrogen (secondary N) is 2. The van der Waals surface area contributed by atoms with Gasteiger partial charge in [0.2, 0.25) is 17.7 Å². The molecule has 45 heavy (non-hydrogen) atoms. The van der Waals surface area contributed by atoms with Crippen LogP contribution < -0.4 is 10.6 Å². The summed E-state index contributed by atoms with van der Waals surface area (Å²) >= 11 is 0. The first-order valence-corrected chi connectivity index (χ1v) is 16.5. The van der Waals surface area contributed by atoms with Crippen LogP contribution in [0.2, 0.25) is 0 Å². The van der Waals surface area contributed by atoms with Crippen LogP contribution in [0.3, 0.4) is 0 Å². The quantitative estimate of drug-likeness (QED) is 0.425. The van der Waals surface area contributed by atoms with Gasteiger partial charge in [-0.05, 0) is 88.3 Å². The molecule has 4 heterocycles. The van der Waals surface area contributed by atoms with E-state index in [0.29, 0.717) is 39.0 Å². The second-order valence-corrected chi connectivity index (χ2v) is 13.3. The number of hydrogen-bond acceptors (Lipinski definition) is 6. The van der Waals surface area contributed by atoms with E-state index in [0.717, 1.165) is 55.4 Å². The molecular formula is C35H47N7O3. The zero-order chi connectivity index (χ0) is 31.5. The highest BCUT2D eigenvalue weighted by Crippen LogP contribution is 2.30. The predicted octanol–water partition coefficient (Wildman–Crippen LogP) is 2.49. The molecule has 1 aromatic heterocycles. The zero-order valence-electron chi connectivity index (χ0n) is 26.9. The van der Waals surface area contributed by atoms with E-state index in [-0.39, 0.29) is 23.6 Å². The van der Waals surface area contributed by atoms with Gasteiger partial charge in [0.05, 0.1) is 23.7 Å². The Bertz CT molecular complexity index is 1520. The van der Waals surface area contributed by atoms with Crippen LogP contribution in [0.15, 0.2) is 48.7 Å². The number of rotatable bonds is 7. The third-order valence-electron chi connectivity index (χ3n) is 9.97. The van der Waals surface area contributed by atoms with E-state index in [4.69, 9.17) is 0 Å². The smallest absolute Gasteiger partial charge is 0.243 e. The number of benzene rings is 2. The highest BCUT2D eigenvalue weighted by atomic mass is 16.2. The molecule has 4 atom stereocenters. The minimum Gasteiger partial charge on any atom is -0.350 e. The summed E-state index contributed by atoms with van der Waals surface area (Å²) in [4.78, 5) is 48.1. The number of nitrogens with zero attached hydrogens (tertiary/aromatic N) is 5. The molecule has 0 unspecified atom stereocenters. The third kappa shape index (κ3) is 7.07. The van der Waals surface area contributed by atoms with Crippen molar-refractivity contribution in [3.8, 4) is 0 Å². The maximum absolute atomic E-state index is 14.4. The Hall–Kier alpha value is -3.76. The van der Waals surface area contributed by atoms with Crippen molar-refractivity contribution in [2.45, 2.75) is 57.7 Å². The summed E-state index contributed by atoms with van der Waals surface area (Å²) in [5.41, 5.74) is 4.43. The van der Waals surface area contributed by atoms with Gasteiger partial charge < -0.3 is 25.3 Å². The molecule has 3 saturated heterocycles. The molecule has 10 nitrogen and oxygen atoms in total. The van der Waals surface area contributed by atoms with Gasteiger partial charge in [-0.2, -0.15) is 5.10 Å². The molecule has 3 aliphatic heterocycles. The summed E-state index contributed by atoms with van der Waals surface area (Å²) in [5.74, 6) is -0.463. The molecule has 10 heteroatoms. The van der Waals surface area contributed by atoms with Crippen LogP contribution in [-0.2, 0) is 34.4 Å². The SMILES string of the molecule is Cc1ccc(C[C@@H]2C[C@@H](C(=O)NCc3ccc4c(cnn4C)c3)N(C(=O)[C@@H]3NCCC[C@@H]3C(=O)N3CCCN(C)CC3)C2)cc1. The van der Waals surface area contributed by atoms with Gasteiger partial charge >= 0.3 is 0 Å². The zero-order valence-corrected chi connectivity index (χ0v) is 26.9. The molecule has 2 aromatic carbocycles. The lowest BCUT2D eigenvalue weighted by Gasteiger charge is -2.37. The molecule has 3 aliphatic rings. The standard InChI is InChI=1S/C35H47N7O3/c1-24-7-9-25(10-8-24)18-27-20-31(33(43)37-21-26-11-12-30-28(19-26)22-38-40(30)3)42(23-27)35(45)32-29(6-4-13-36-32)34(44)41-15-5-14-39(2)16-17-41/h7-12,19,22,27,29,31-32,36H,4-6,13-18,20-21,23H2,1-3H3,(H,37,43)/t27-,29+,31+,32-/m1/s1. The van der Waals surface area contributed by atoms with Crippen molar-refractivity contribution in [2.24, 2.45) is 18.9 Å². The fraction of sp³-hybridized carbons (Fsp3) is 0.543. The summed E-state index contributed by atoms with van der Waals surface area (Å²) in [7, 11) is 4.00. The summed E-state index contributed by atoms with van der Waals surface area (Å²) in [5, 5.41) is 11.9. The molecule has 6 rings (SSSR count). The first-order chi connectivity index (χ1) is 21.8. The van der Waals surface area contributed by atoms with Crippen LogP contribution >= 0.6 is 0 Å². The predicted molar refractivity (Wildman–Crippen MR) is 174 cm³/mol. The van der Waals surface area contributed by atoms with Gasteiger partial charge in [0, 0.05) is 45.2 Å². The number of likely N-dealkylation sites (N-methyl/N-ethyl adjacent to an activating group) is 1. The molecule has 240 valence electrons. The Balaban J connectivity index is 1.19. The van der Waals surface area contributed by atoms with Crippen molar-refractivity contribution in [1.29, 1.82) is 0 Å². The molecule has 3 amide bonds. The average molecular weight is 614 g/mol. The third-order valence-corrected chi connectivity index (χ3v) is 9.97. The number of aryl methyl sites for hydroxylation is 2. The molecule has 2 N–H and O–H groups in total. The van der Waals surface area contributed by atoms with E-state index in [1.54, 1.807) is 4.90 Å². The summed E-state index contributed by atoms with van der Waals surface area (Å²) in [6.45, 7) is 6.86. The highest BCUT2D eigenvalue weighted by molar-refractivity contribution is 5.94. The van der Waals surface area contributed by atoms with E-state index >= 15 is 0 Å². The Morgan fingerprint density at radius 1 is 0.956 bits per heavy atom. The number of amides is 3. The number of fused-ring (bicyclic) bond motifs is 1. The van der Waals surface area contributed by atoms with Crippen molar-refractivity contribution in [1.82, 2.24) is 35.1 Å². The first kappa shape index (κ1) is 31.2. The lowest BCUT2D eigenvalue weighted by molar-refractivity contribution is -0.147. The van der Waals surface area contributed by atoms with Crippen LogP contribution in [0, 0.1) is 18.8 Å². The number of hydrogen-bond donors (Lipinski definition) is 2. The first-order valence-electron chi connectivity index (χ1n) is 16.5. The maximum Gasteiger partial charge on any atom is 0.243 e. The van der Waals surface area contributed by atoms with Gasteiger partial charge in [-0.1, -0.05) is 35.9 Å². The van der Waals surface area contributed by atoms with Gasteiger partial charge in [-0.25, -0.2) is 0 Å². The molecule has 0 saturated carbocycles. The Morgan fingerprint density at radius 3 is 2.58 bits per heavy atom. The molecule has 0 spiro atoms. The second-order valence-electron chi connectivity index (χ2n) is 13.3. The molecule has 3 fully saturated rings. The number of carbonyl (C=O) groups excluding carboxylic acids is 3. The van der Waals surface area contributed by atoms with E-state index in [1.807, 2.05) is 41.0 Å². The number of carbonyl (C=O) groups is 3. The number of likely N-dealkylation sites (tertiary alicyclic amines) is 1. The summed E-state index contributed by atoms with van der Waals surface area (Å²) in [6, 6.07) is 13.4. The van der Waals surface area contributed by atoms with E-state index < -0.39 is 18.0 Å². The van der Waals surface area contributed by atoms with Crippen LogP contribution in [0.1, 0.15) is 42.4 Å². The lowest BCUT2D eigenvalue weighted by Crippen LogP contribution is -2.59. The largest absolute Gasteiger partial charge is 0.350 e. The monoisotopic (exact) mass is 613 g/mol. The van der Waals surface area contributed by atoms with E-state index in [2.05, 4.69) is 58.9 Å². The van der Waals surface area contributed by atoms with Gasteiger partial charge in [0.15, 0.2) is 0 Å². The molecule has 0 radical (unpaired) electrons. The lowest BCUT2D eigenvalue weighted by atomic mass is 9.88. The summed E-state index contributed by atoms with van der Waals surface area (Å²) in [6.07, 6.45) is 5.69. The fourth-order valence-corrected chi connectivity index (χ4v) is 7.34. The van der Waals surface area contributed by atoms with Crippen molar-refractivity contribution < 1.29 is 14.4 Å². The fourth-order valence-electron chi connectivity index (χ4n) is 7.34. The number of aromatic nitrogens is 2. The molecular weight excluding hydrogens is 566 g/mol. The van der Waals surface area contributed by atoms with Crippen LogP contribution in [0.25, 0.3) is 10.9 Å². The Labute approximate surface area is 266 Å². The van der Waals surface area contributed by atoms with E-state index in [1.165, 1.54) is 11.1 Å². The van der Waals surface area contributed by atoms with Crippen molar-refractivity contribution in [3.63, 3.8) is 0 Å². The second kappa shape index (κ2) is 13.7. The minimum atomic E-state index is -0.617. The molecule has 0 bridgehead atoms. The summed E-state index contributed by atoms with van der Waals surface area (Å²) < 4.78 is 1.83. The van der Waals surface area contributed by atoms with Gasteiger partial charge in [0.1, 0.15) is 6.04 Å². The highest BCUT2D eigenvalue weighted by Gasteiger charge is 2.46. The van der Waals surface area contributed by atoms with Crippen molar-refractivity contribution in [3.05, 3.63) is 65.4 Å².